The Morgan fingerprint density at radius 1 is 1.24 bits per heavy atom. The third-order valence-corrected chi connectivity index (χ3v) is 2.86. The molecule has 1 N–H and O–H groups in total. The van der Waals surface area contributed by atoms with E-state index in [0.29, 0.717) is 18.3 Å². The van der Waals surface area contributed by atoms with Gasteiger partial charge in [0.15, 0.2) is 0 Å². The topological polar surface area (TPSA) is 29.9 Å². The van der Waals surface area contributed by atoms with Gasteiger partial charge < -0.3 is 5.32 Å². The lowest BCUT2D eigenvalue weighted by atomic mass is 10.2. The van der Waals surface area contributed by atoms with Crippen LogP contribution in [-0.4, -0.2) is 15.8 Å². The molecule has 1 aromatic carbocycles. The number of halogens is 4. The molecule has 0 aliphatic heterocycles. The van der Waals surface area contributed by atoms with Crippen LogP contribution in [0, 0.1) is 5.82 Å². The van der Waals surface area contributed by atoms with E-state index in [1.807, 2.05) is 13.8 Å². The van der Waals surface area contributed by atoms with Crippen LogP contribution in [0.15, 0.2) is 30.5 Å². The lowest BCUT2D eigenvalue weighted by molar-refractivity contribution is -0.137. The Morgan fingerprint density at radius 2 is 1.95 bits per heavy atom. The van der Waals surface area contributed by atoms with E-state index in [-0.39, 0.29) is 11.7 Å². The molecule has 0 unspecified atom stereocenters. The van der Waals surface area contributed by atoms with Gasteiger partial charge in [-0.2, -0.15) is 18.3 Å². The zero-order valence-electron chi connectivity index (χ0n) is 11.6. The van der Waals surface area contributed by atoms with Gasteiger partial charge >= 0.3 is 6.18 Å². The quantitative estimate of drug-likeness (QED) is 0.876. The number of hydrogen-bond acceptors (Lipinski definition) is 2. The Labute approximate surface area is 119 Å². The number of nitrogens with zero attached hydrogens (tertiary/aromatic N) is 2. The van der Waals surface area contributed by atoms with Crippen LogP contribution < -0.4 is 5.32 Å². The van der Waals surface area contributed by atoms with E-state index in [9.17, 15) is 17.6 Å². The molecular formula is C14H15F4N3. The maximum absolute atomic E-state index is 13.7. The Morgan fingerprint density at radius 3 is 2.57 bits per heavy atom. The van der Waals surface area contributed by atoms with Crippen molar-refractivity contribution < 1.29 is 17.6 Å². The largest absolute Gasteiger partial charge is 0.416 e. The predicted molar refractivity (Wildman–Crippen MR) is 70.5 cm³/mol. The van der Waals surface area contributed by atoms with Gasteiger partial charge in [0.05, 0.1) is 11.3 Å². The summed E-state index contributed by atoms with van der Waals surface area (Å²) in [4.78, 5) is 0. The van der Waals surface area contributed by atoms with Crippen molar-refractivity contribution in [1.29, 1.82) is 0 Å². The molecule has 0 amide bonds. The number of hydrogen-bond donors (Lipinski definition) is 1. The molecule has 7 heteroatoms. The van der Waals surface area contributed by atoms with E-state index in [1.54, 1.807) is 6.07 Å². The van der Waals surface area contributed by atoms with E-state index in [1.165, 1.54) is 6.20 Å². The maximum atomic E-state index is 13.7. The van der Waals surface area contributed by atoms with Crippen LogP contribution in [0.4, 0.5) is 17.6 Å². The fourth-order valence-electron chi connectivity index (χ4n) is 1.76. The second-order valence-electron chi connectivity index (χ2n) is 4.95. The van der Waals surface area contributed by atoms with Crippen molar-refractivity contribution >= 4 is 0 Å². The average molecular weight is 301 g/mol. The van der Waals surface area contributed by atoms with Crippen molar-refractivity contribution in [1.82, 2.24) is 15.1 Å². The Balaban J connectivity index is 2.29. The normalized spacial score (nSPS) is 12.1. The molecule has 0 saturated heterocycles. The molecule has 21 heavy (non-hydrogen) atoms. The van der Waals surface area contributed by atoms with E-state index in [4.69, 9.17) is 0 Å². The average Bonchev–Trinajstić information content (AvgIpc) is 2.84. The van der Waals surface area contributed by atoms with Gasteiger partial charge in [0.2, 0.25) is 0 Å². The van der Waals surface area contributed by atoms with E-state index in [2.05, 4.69) is 10.4 Å². The zero-order valence-corrected chi connectivity index (χ0v) is 11.6. The van der Waals surface area contributed by atoms with Crippen LogP contribution in [-0.2, 0) is 12.7 Å². The molecule has 0 bridgehead atoms. The second kappa shape index (κ2) is 5.85. The molecule has 0 fully saturated rings. The van der Waals surface area contributed by atoms with Gasteiger partial charge in [-0.3, -0.25) is 0 Å². The van der Waals surface area contributed by atoms with Crippen LogP contribution in [0.3, 0.4) is 0 Å². The molecule has 1 aromatic heterocycles. The van der Waals surface area contributed by atoms with Gasteiger partial charge in [0.1, 0.15) is 11.5 Å². The van der Waals surface area contributed by atoms with Crippen molar-refractivity contribution in [2.75, 3.05) is 0 Å². The van der Waals surface area contributed by atoms with Crippen molar-refractivity contribution in [3.8, 4) is 5.69 Å². The third kappa shape index (κ3) is 3.81. The zero-order chi connectivity index (χ0) is 15.6. The van der Waals surface area contributed by atoms with Crippen LogP contribution in [0.25, 0.3) is 5.69 Å². The fraction of sp³-hybridized carbons (Fsp3) is 0.357. The number of rotatable bonds is 4. The van der Waals surface area contributed by atoms with E-state index in [0.717, 1.165) is 16.8 Å². The van der Waals surface area contributed by atoms with Crippen LogP contribution in [0.1, 0.15) is 25.1 Å². The number of alkyl halides is 3. The summed E-state index contributed by atoms with van der Waals surface area (Å²) in [5.41, 5.74) is -0.502. The van der Waals surface area contributed by atoms with Crippen molar-refractivity contribution in [2.24, 2.45) is 0 Å². The highest BCUT2D eigenvalue weighted by molar-refractivity contribution is 5.38. The summed E-state index contributed by atoms with van der Waals surface area (Å²) in [6, 6.07) is 4.15. The predicted octanol–water partition coefficient (Wildman–Crippen LogP) is 3.53. The molecule has 0 saturated carbocycles. The molecule has 114 valence electrons. The fourth-order valence-corrected chi connectivity index (χ4v) is 1.76. The number of aromatic nitrogens is 2. The standard InChI is InChI=1S/C14H15F4N3/c1-9(2)19-8-11-5-6-21(20-11)13-7-10(14(16,17)18)3-4-12(13)15/h3-7,9,19H,8H2,1-2H3. The molecule has 3 nitrogen and oxygen atoms in total. The number of nitrogens with one attached hydrogen (secondary N) is 1. The van der Waals surface area contributed by atoms with E-state index < -0.39 is 17.6 Å². The third-order valence-electron chi connectivity index (χ3n) is 2.86. The first kappa shape index (κ1) is 15.5. The molecule has 0 spiro atoms. The van der Waals surface area contributed by atoms with Crippen molar-refractivity contribution in [3.63, 3.8) is 0 Å². The lowest BCUT2D eigenvalue weighted by Gasteiger charge is -2.10. The van der Waals surface area contributed by atoms with Crippen molar-refractivity contribution in [2.45, 2.75) is 32.6 Å². The SMILES string of the molecule is CC(C)NCc1ccn(-c2cc(C(F)(F)F)ccc2F)n1. The smallest absolute Gasteiger partial charge is 0.309 e. The van der Waals surface area contributed by atoms with Gasteiger partial charge in [-0.1, -0.05) is 13.8 Å². The monoisotopic (exact) mass is 301 g/mol. The highest BCUT2D eigenvalue weighted by Gasteiger charge is 2.31. The van der Waals surface area contributed by atoms with Crippen LogP contribution in [0.5, 0.6) is 0 Å². The first-order valence-corrected chi connectivity index (χ1v) is 6.42. The van der Waals surface area contributed by atoms with Crippen molar-refractivity contribution in [3.05, 3.63) is 47.5 Å². The van der Waals surface area contributed by atoms with E-state index >= 15 is 0 Å². The summed E-state index contributed by atoms with van der Waals surface area (Å²) in [7, 11) is 0. The minimum absolute atomic E-state index is 0.222. The van der Waals surface area contributed by atoms with Gasteiger partial charge in [-0.25, -0.2) is 9.07 Å². The summed E-state index contributed by atoms with van der Waals surface area (Å²) in [5, 5.41) is 7.21. The Kier molecular flexibility index (Phi) is 4.32. The summed E-state index contributed by atoms with van der Waals surface area (Å²) in [5.74, 6) is -0.755. The molecule has 0 aliphatic carbocycles. The van der Waals surface area contributed by atoms with Gasteiger partial charge in [0.25, 0.3) is 0 Å². The summed E-state index contributed by atoms with van der Waals surface area (Å²) in [6.45, 7) is 4.39. The van der Waals surface area contributed by atoms with Crippen LogP contribution >= 0.6 is 0 Å². The first-order chi connectivity index (χ1) is 9.77. The van der Waals surface area contributed by atoms with Gasteiger partial charge in [-0.15, -0.1) is 0 Å². The molecule has 0 aliphatic rings. The minimum atomic E-state index is -4.52. The molecule has 0 radical (unpaired) electrons. The highest BCUT2D eigenvalue weighted by atomic mass is 19.4. The summed E-state index contributed by atoms with van der Waals surface area (Å²) < 4.78 is 52.8. The summed E-state index contributed by atoms with van der Waals surface area (Å²) >= 11 is 0. The van der Waals surface area contributed by atoms with Crippen LogP contribution in [0.2, 0.25) is 0 Å². The Bertz CT molecular complexity index is 617. The first-order valence-electron chi connectivity index (χ1n) is 6.42. The molecule has 0 atom stereocenters. The molecular weight excluding hydrogens is 286 g/mol. The lowest BCUT2D eigenvalue weighted by Crippen LogP contribution is -2.22. The minimum Gasteiger partial charge on any atom is -0.309 e. The summed E-state index contributed by atoms with van der Waals surface area (Å²) in [6.07, 6.45) is -3.08. The molecule has 2 aromatic rings. The molecule has 2 rings (SSSR count). The van der Waals surface area contributed by atoms with Gasteiger partial charge in [-0.05, 0) is 24.3 Å². The maximum Gasteiger partial charge on any atom is 0.416 e. The van der Waals surface area contributed by atoms with Gasteiger partial charge in [0, 0.05) is 18.8 Å². The highest BCUT2D eigenvalue weighted by Crippen LogP contribution is 2.31. The second-order valence-corrected chi connectivity index (χ2v) is 4.95. The molecule has 1 heterocycles. The Hall–Kier alpha value is -1.89. The number of benzene rings is 1.